The van der Waals surface area contributed by atoms with Crippen molar-refractivity contribution in [1.29, 1.82) is 0 Å². The molecule has 1 aromatic heterocycles. The second-order valence-corrected chi connectivity index (χ2v) is 13.4. The van der Waals surface area contributed by atoms with Gasteiger partial charge >= 0.3 is 12.5 Å². The van der Waals surface area contributed by atoms with Gasteiger partial charge in [0.05, 0.1) is 11.1 Å². The molecule has 0 spiro atoms. The van der Waals surface area contributed by atoms with Crippen LogP contribution in [0.4, 0.5) is 26.3 Å². The van der Waals surface area contributed by atoms with Gasteiger partial charge in [-0.15, -0.1) is 13.2 Å². The Morgan fingerprint density at radius 2 is 1.51 bits per heavy atom. The molecule has 3 heterocycles. The first-order valence-electron chi connectivity index (χ1n) is 17.1. The van der Waals surface area contributed by atoms with Crippen molar-refractivity contribution in [2.24, 2.45) is 5.73 Å². The van der Waals surface area contributed by atoms with Crippen LogP contribution in [0.3, 0.4) is 0 Å². The summed E-state index contributed by atoms with van der Waals surface area (Å²) in [7, 11) is 0. The number of piperazine rings is 1. The van der Waals surface area contributed by atoms with E-state index in [1.54, 1.807) is 24.4 Å². The molecule has 4 aromatic rings. The van der Waals surface area contributed by atoms with E-state index in [9.17, 15) is 31.1 Å². The number of alkyl halides is 6. The van der Waals surface area contributed by atoms with Crippen LogP contribution in [0.2, 0.25) is 0 Å². The average molecular weight is 717 g/mol. The Labute approximate surface area is 292 Å². The number of benzene rings is 3. The predicted molar refractivity (Wildman–Crippen MR) is 183 cm³/mol. The standard InChI is InChI=1S/C37H42F6N6O2/c38-36(39,40)31-7-2-1-6-29(31)30-25-49(18-4-15-46-34(50)35(44)13-16-45-17-14-35)32-8-3-5-27(33(30)32)24-48-21-19-47(20-22-48)23-26-9-11-28(12-10-26)51-37(41,42)43/h1-3,5-12,25,45H,4,13-24,44H2,(H,46,50). The van der Waals surface area contributed by atoms with E-state index in [-0.39, 0.29) is 17.2 Å². The van der Waals surface area contributed by atoms with Crippen molar-refractivity contribution in [1.82, 2.24) is 25.0 Å². The highest BCUT2D eigenvalue weighted by Crippen LogP contribution is 2.41. The fourth-order valence-corrected chi connectivity index (χ4v) is 7.04. The van der Waals surface area contributed by atoms with Gasteiger partial charge < -0.3 is 25.7 Å². The van der Waals surface area contributed by atoms with Crippen LogP contribution in [0.5, 0.6) is 5.75 Å². The largest absolute Gasteiger partial charge is 0.573 e. The molecule has 2 aliphatic rings. The molecular formula is C37H42F6N6O2. The van der Waals surface area contributed by atoms with Crippen LogP contribution >= 0.6 is 0 Å². The Hall–Kier alpha value is -4.11. The zero-order chi connectivity index (χ0) is 36.2. The van der Waals surface area contributed by atoms with Crippen LogP contribution in [0.1, 0.15) is 36.0 Å². The van der Waals surface area contributed by atoms with E-state index >= 15 is 0 Å². The van der Waals surface area contributed by atoms with Crippen LogP contribution in [0.25, 0.3) is 22.0 Å². The lowest BCUT2D eigenvalue weighted by Crippen LogP contribution is -2.59. The van der Waals surface area contributed by atoms with Crippen LogP contribution in [0.15, 0.2) is 72.9 Å². The maximum atomic E-state index is 14.3. The van der Waals surface area contributed by atoms with E-state index < -0.39 is 23.6 Å². The summed E-state index contributed by atoms with van der Waals surface area (Å²) in [4.78, 5) is 17.3. The van der Waals surface area contributed by atoms with E-state index in [1.165, 1.54) is 24.3 Å². The molecule has 2 saturated heterocycles. The molecule has 0 saturated carbocycles. The van der Waals surface area contributed by atoms with Gasteiger partial charge in [-0.2, -0.15) is 13.2 Å². The van der Waals surface area contributed by atoms with Gasteiger partial charge in [0.2, 0.25) is 5.91 Å². The summed E-state index contributed by atoms with van der Waals surface area (Å²) in [5.41, 5.74) is 7.96. The zero-order valence-electron chi connectivity index (χ0n) is 28.1. The second-order valence-electron chi connectivity index (χ2n) is 13.4. The quantitative estimate of drug-likeness (QED) is 0.128. The summed E-state index contributed by atoms with van der Waals surface area (Å²) < 4.78 is 86.3. The van der Waals surface area contributed by atoms with Crippen molar-refractivity contribution in [2.75, 3.05) is 45.8 Å². The minimum absolute atomic E-state index is 0.113. The molecule has 0 bridgehead atoms. The predicted octanol–water partition coefficient (Wildman–Crippen LogP) is 6.13. The van der Waals surface area contributed by atoms with E-state index in [1.807, 2.05) is 22.8 Å². The number of rotatable bonds is 11. The third-order valence-corrected chi connectivity index (χ3v) is 9.75. The number of carbonyl (C=O) groups is 1. The molecule has 4 N–H and O–H groups in total. The third kappa shape index (κ3) is 9.04. The number of halogens is 6. The molecule has 14 heteroatoms. The normalized spacial score (nSPS) is 17.5. The molecule has 1 amide bonds. The number of hydrogen-bond acceptors (Lipinski definition) is 6. The Balaban J connectivity index is 1.17. The Kier molecular flexibility index (Phi) is 11.0. The Morgan fingerprint density at radius 1 is 0.843 bits per heavy atom. The van der Waals surface area contributed by atoms with Crippen molar-refractivity contribution < 1.29 is 35.9 Å². The molecule has 2 fully saturated rings. The molecule has 2 aliphatic heterocycles. The van der Waals surface area contributed by atoms with Gasteiger partial charge in [-0.1, -0.05) is 42.5 Å². The molecule has 0 atom stereocenters. The van der Waals surface area contributed by atoms with Crippen LogP contribution in [-0.4, -0.2) is 78.0 Å². The van der Waals surface area contributed by atoms with Crippen LogP contribution in [0, 0.1) is 0 Å². The molecular weight excluding hydrogens is 674 g/mol. The fourth-order valence-electron chi connectivity index (χ4n) is 7.04. The summed E-state index contributed by atoms with van der Waals surface area (Å²) in [6.07, 6.45) is -5.82. The first-order valence-corrected chi connectivity index (χ1v) is 17.1. The summed E-state index contributed by atoms with van der Waals surface area (Å²) in [6.45, 7) is 6.18. The van der Waals surface area contributed by atoms with E-state index in [2.05, 4.69) is 25.2 Å². The molecule has 274 valence electrons. The first kappa shape index (κ1) is 36.7. The number of carbonyl (C=O) groups excluding carboxylic acids is 1. The first-order chi connectivity index (χ1) is 24.3. The molecule has 6 rings (SSSR count). The summed E-state index contributed by atoms with van der Waals surface area (Å²) >= 11 is 0. The lowest BCUT2D eigenvalue weighted by Gasteiger charge is -2.35. The van der Waals surface area contributed by atoms with Gasteiger partial charge in [0.15, 0.2) is 0 Å². The van der Waals surface area contributed by atoms with Gasteiger partial charge in [-0.25, -0.2) is 0 Å². The lowest BCUT2D eigenvalue weighted by molar-refractivity contribution is -0.274. The van der Waals surface area contributed by atoms with E-state index in [0.29, 0.717) is 90.3 Å². The maximum Gasteiger partial charge on any atom is 0.573 e. The number of amides is 1. The molecule has 3 aromatic carbocycles. The monoisotopic (exact) mass is 716 g/mol. The second kappa shape index (κ2) is 15.2. The van der Waals surface area contributed by atoms with Crippen molar-refractivity contribution in [3.63, 3.8) is 0 Å². The van der Waals surface area contributed by atoms with Crippen LogP contribution in [-0.2, 0) is 30.6 Å². The minimum atomic E-state index is -4.74. The number of hydrogen-bond donors (Lipinski definition) is 3. The molecule has 0 radical (unpaired) electrons. The van der Waals surface area contributed by atoms with Crippen molar-refractivity contribution in [3.05, 3.63) is 89.6 Å². The van der Waals surface area contributed by atoms with Crippen molar-refractivity contribution in [3.8, 4) is 16.9 Å². The maximum absolute atomic E-state index is 14.3. The van der Waals surface area contributed by atoms with Gasteiger partial charge in [0, 0.05) is 75.0 Å². The Bertz CT molecular complexity index is 1790. The number of ether oxygens (including phenoxy) is 1. The van der Waals surface area contributed by atoms with Crippen LogP contribution < -0.4 is 21.1 Å². The fraction of sp³-hybridized carbons (Fsp3) is 0.432. The van der Waals surface area contributed by atoms with Gasteiger partial charge in [-0.3, -0.25) is 14.6 Å². The summed E-state index contributed by atoms with van der Waals surface area (Å²) in [6, 6.07) is 17.3. The number of nitrogens with zero attached hydrogens (tertiary/aromatic N) is 3. The smallest absolute Gasteiger partial charge is 0.406 e. The van der Waals surface area contributed by atoms with Gasteiger partial charge in [-0.05, 0) is 73.3 Å². The number of nitrogens with two attached hydrogens (primary N) is 1. The van der Waals surface area contributed by atoms with Gasteiger partial charge in [0.1, 0.15) is 5.75 Å². The number of fused-ring (bicyclic) bond motifs is 1. The molecule has 0 aliphatic carbocycles. The SMILES string of the molecule is NC1(C(=O)NCCCn2cc(-c3ccccc3C(F)(F)F)c3c(CN4CCN(Cc5ccc(OC(F)(F)F)cc5)CC4)cccc32)CCNCC1. The van der Waals surface area contributed by atoms with Crippen molar-refractivity contribution in [2.45, 2.75) is 57.0 Å². The lowest BCUT2D eigenvalue weighted by atomic mass is 9.88. The molecule has 0 unspecified atom stereocenters. The van der Waals surface area contributed by atoms with E-state index in [4.69, 9.17) is 5.73 Å². The molecule has 8 nitrogen and oxygen atoms in total. The topological polar surface area (TPSA) is 87.8 Å². The Morgan fingerprint density at radius 3 is 2.18 bits per heavy atom. The van der Waals surface area contributed by atoms with Crippen molar-refractivity contribution >= 4 is 16.8 Å². The molecule has 51 heavy (non-hydrogen) atoms. The average Bonchev–Trinajstić information content (AvgIpc) is 3.47. The van der Waals surface area contributed by atoms with E-state index in [0.717, 1.165) is 28.1 Å². The number of piperidine rings is 1. The minimum Gasteiger partial charge on any atom is -0.406 e. The number of aryl methyl sites for hydroxylation is 1. The summed E-state index contributed by atoms with van der Waals surface area (Å²) in [5.74, 6) is -0.447. The highest BCUT2D eigenvalue weighted by Gasteiger charge is 2.36. The number of nitrogens with one attached hydrogen (secondary N) is 2. The number of aromatic nitrogens is 1. The highest BCUT2D eigenvalue weighted by molar-refractivity contribution is 5.99. The highest BCUT2D eigenvalue weighted by atomic mass is 19.4. The van der Waals surface area contributed by atoms with Gasteiger partial charge in [0.25, 0.3) is 0 Å². The summed E-state index contributed by atoms with van der Waals surface area (Å²) in [5, 5.41) is 6.93. The third-order valence-electron chi connectivity index (χ3n) is 9.75. The zero-order valence-corrected chi connectivity index (χ0v) is 28.1.